The van der Waals surface area contributed by atoms with Gasteiger partial charge >= 0.3 is 0 Å². The van der Waals surface area contributed by atoms with E-state index in [0.29, 0.717) is 46.2 Å². The maximum Gasteiger partial charge on any atom is 0.276 e. The molecule has 0 unspecified atom stereocenters. The third-order valence-corrected chi connectivity index (χ3v) is 7.83. The van der Waals surface area contributed by atoms with E-state index in [0.717, 1.165) is 9.21 Å². The highest BCUT2D eigenvalue weighted by Crippen LogP contribution is 2.23. The van der Waals surface area contributed by atoms with Gasteiger partial charge in [-0.05, 0) is 61.9 Å². The zero-order chi connectivity index (χ0) is 30.7. The molecule has 6 rings (SSSR count). The average Bonchev–Trinajstić information content (AvgIpc) is 3.61. The van der Waals surface area contributed by atoms with Crippen LogP contribution in [0.1, 0.15) is 21.7 Å². The van der Waals surface area contributed by atoms with E-state index >= 15 is 0 Å². The number of H-pyrrole nitrogens is 1. The second-order valence-electron chi connectivity index (χ2n) is 9.76. The summed E-state index contributed by atoms with van der Waals surface area (Å²) in [6.07, 6.45) is 3.22. The fourth-order valence-corrected chi connectivity index (χ4v) is 5.56. The number of nitrogens with one attached hydrogen (secondary N) is 2. The smallest absolute Gasteiger partial charge is 0.276 e. The van der Waals surface area contributed by atoms with Crippen LogP contribution >= 0.6 is 22.9 Å². The quantitative estimate of drug-likeness (QED) is 0.271. The van der Waals surface area contributed by atoms with Crippen molar-refractivity contribution in [1.29, 1.82) is 0 Å². The maximum absolute atomic E-state index is 13.1. The van der Waals surface area contributed by atoms with Crippen LogP contribution < -0.4 is 21.3 Å². The van der Waals surface area contributed by atoms with Crippen LogP contribution in [0.2, 0.25) is 4.34 Å². The van der Waals surface area contributed by atoms with Crippen molar-refractivity contribution >= 4 is 51.6 Å². The summed E-state index contributed by atoms with van der Waals surface area (Å²) in [7, 11) is 1.91. The zero-order valence-electron chi connectivity index (χ0n) is 23.5. The number of rotatable bonds is 6. The number of nitrogens with zero attached hydrogens (tertiary/aromatic N) is 5. The summed E-state index contributed by atoms with van der Waals surface area (Å²) >= 11 is 7.46. The fraction of sp³-hybridized carbons (Fsp3) is 0.167. The Morgan fingerprint density at radius 1 is 1.07 bits per heavy atom. The summed E-state index contributed by atoms with van der Waals surface area (Å²) in [6.45, 7) is 4.07. The molecular weight excluding hydrogens is 593 g/mol. The number of aromatic nitrogens is 5. The molecule has 5 heterocycles. The van der Waals surface area contributed by atoms with E-state index in [-0.39, 0.29) is 29.3 Å². The van der Waals surface area contributed by atoms with Gasteiger partial charge in [0.15, 0.2) is 5.65 Å². The molecule has 0 fully saturated rings. The number of aryl methyl sites for hydroxylation is 2. The number of anilines is 2. The maximum atomic E-state index is 13.1. The van der Waals surface area contributed by atoms with E-state index in [2.05, 4.69) is 20.4 Å². The lowest BCUT2D eigenvalue weighted by molar-refractivity contribution is -0.115. The Labute approximate surface area is 254 Å². The first-order valence-electron chi connectivity index (χ1n) is 13.1. The first kappa shape index (κ1) is 29.7. The molecule has 0 saturated carbocycles. The van der Waals surface area contributed by atoms with Crippen LogP contribution in [0, 0.1) is 19.7 Å². The molecular formula is C30H27ClFN7O3S. The standard InChI is InChI=1S/C16H15FN4O2.C14H12ClN3OS/c1-9-7-11(17)3-4-13(9)20-15(22)8-12-10(2)19-14-5-6-18-21(14)16(12)23;1-17(9-10-5-6-11(15)20-10)13-8-14(19)18-7-3-2-4-12(18)16-13/h3-7,18H,8H2,1-2H3,(H,20,22);2-8H,9H2,1H3. The van der Waals surface area contributed by atoms with E-state index in [4.69, 9.17) is 11.6 Å². The third-order valence-electron chi connectivity index (χ3n) is 6.62. The number of hydrogen-bond acceptors (Lipinski definition) is 7. The first-order valence-corrected chi connectivity index (χ1v) is 14.3. The zero-order valence-corrected chi connectivity index (χ0v) is 25.0. The number of hydrogen-bond donors (Lipinski definition) is 2. The van der Waals surface area contributed by atoms with E-state index in [9.17, 15) is 18.8 Å². The lowest BCUT2D eigenvalue weighted by Crippen LogP contribution is -2.26. The second-order valence-corrected chi connectivity index (χ2v) is 11.6. The molecule has 0 spiro atoms. The lowest BCUT2D eigenvalue weighted by atomic mass is 10.1. The Morgan fingerprint density at radius 2 is 1.88 bits per heavy atom. The highest BCUT2D eigenvalue weighted by molar-refractivity contribution is 7.16. The molecule has 5 aromatic heterocycles. The molecule has 0 saturated heterocycles. The number of pyridine rings is 1. The van der Waals surface area contributed by atoms with Gasteiger partial charge in [-0.15, -0.1) is 11.3 Å². The van der Waals surface area contributed by atoms with Crippen molar-refractivity contribution in [3.8, 4) is 0 Å². The normalized spacial score (nSPS) is 10.9. The third kappa shape index (κ3) is 6.82. The first-order chi connectivity index (χ1) is 20.6. The molecule has 220 valence electrons. The molecule has 2 N–H and O–H groups in total. The predicted molar refractivity (Wildman–Crippen MR) is 167 cm³/mol. The minimum Gasteiger partial charge on any atom is -0.354 e. The van der Waals surface area contributed by atoms with Crippen LogP contribution in [0.15, 0.2) is 82.6 Å². The molecule has 43 heavy (non-hydrogen) atoms. The Hall–Kier alpha value is -4.81. The Morgan fingerprint density at radius 3 is 2.63 bits per heavy atom. The number of amides is 1. The van der Waals surface area contributed by atoms with Gasteiger partial charge in [0, 0.05) is 53.4 Å². The van der Waals surface area contributed by atoms with Gasteiger partial charge in [0.05, 0.1) is 17.3 Å². The highest BCUT2D eigenvalue weighted by Gasteiger charge is 2.15. The molecule has 13 heteroatoms. The van der Waals surface area contributed by atoms with Gasteiger partial charge in [-0.3, -0.25) is 23.9 Å². The number of carbonyl (C=O) groups is 1. The van der Waals surface area contributed by atoms with E-state index in [1.807, 2.05) is 42.3 Å². The molecule has 0 bridgehead atoms. The molecule has 0 atom stereocenters. The Kier molecular flexibility index (Phi) is 8.69. The molecule has 0 aliphatic carbocycles. The summed E-state index contributed by atoms with van der Waals surface area (Å²) in [5.74, 6) is -0.0603. The highest BCUT2D eigenvalue weighted by atomic mass is 35.5. The lowest BCUT2D eigenvalue weighted by Gasteiger charge is -2.17. The summed E-state index contributed by atoms with van der Waals surface area (Å²) < 4.78 is 16.7. The Bertz CT molecular complexity index is 2070. The summed E-state index contributed by atoms with van der Waals surface area (Å²) in [5, 5.41) is 5.45. The largest absolute Gasteiger partial charge is 0.354 e. The fourth-order valence-electron chi connectivity index (χ4n) is 4.42. The average molecular weight is 620 g/mol. The summed E-state index contributed by atoms with van der Waals surface area (Å²) in [6, 6.07) is 16.7. The van der Waals surface area contributed by atoms with Crippen LogP contribution in [0.25, 0.3) is 11.3 Å². The molecule has 0 aliphatic rings. The molecule has 1 amide bonds. The Balaban J connectivity index is 0.000000173. The number of halogens is 2. The minimum absolute atomic E-state index is 0.0818. The van der Waals surface area contributed by atoms with Gasteiger partial charge < -0.3 is 10.2 Å². The molecule has 0 radical (unpaired) electrons. The van der Waals surface area contributed by atoms with Gasteiger partial charge in [0.2, 0.25) is 5.91 Å². The summed E-state index contributed by atoms with van der Waals surface area (Å²) in [4.78, 5) is 48.5. The van der Waals surface area contributed by atoms with Crippen molar-refractivity contribution < 1.29 is 9.18 Å². The van der Waals surface area contributed by atoms with Crippen molar-refractivity contribution in [2.45, 2.75) is 26.8 Å². The number of carbonyl (C=O) groups excluding carboxylic acids is 1. The summed E-state index contributed by atoms with van der Waals surface area (Å²) in [5.41, 5.74) is 2.73. The SMILES string of the molecule is CN(Cc1ccc(Cl)s1)c1cc(=O)n2ccccc2n1.Cc1cc(F)ccc1NC(=O)Cc1c(C)nc2cc[nH]n2c1=O. The second kappa shape index (κ2) is 12.6. The van der Waals surface area contributed by atoms with E-state index < -0.39 is 0 Å². The molecule has 1 aromatic carbocycles. The number of aromatic amines is 1. The van der Waals surface area contributed by atoms with E-state index in [1.54, 1.807) is 38.4 Å². The van der Waals surface area contributed by atoms with Crippen molar-refractivity contribution in [1.82, 2.24) is 24.0 Å². The van der Waals surface area contributed by atoms with Crippen LogP contribution in [0.3, 0.4) is 0 Å². The van der Waals surface area contributed by atoms with Gasteiger partial charge in [-0.2, -0.15) is 0 Å². The molecule has 0 aliphatic heterocycles. The van der Waals surface area contributed by atoms with Crippen molar-refractivity contribution in [2.75, 3.05) is 17.3 Å². The van der Waals surface area contributed by atoms with Crippen LogP contribution in [-0.4, -0.2) is 36.9 Å². The van der Waals surface area contributed by atoms with Gasteiger partial charge in [-0.1, -0.05) is 17.7 Å². The van der Waals surface area contributed by atoms with E-state index in [1.165, 1.54) is 38.5 Å². The van der Waals surface area contributed by atoms with Crippen molar-refractivity contribution in [3.63, 3.8) is 0 Å². The topological polar surface area (TPSA) is 117 Å². The van der Waals surface area contributed by atoms with Crippen molar-refractivity contribution in [2.24, 2.45) is 0 Å². The van der Waals surface area contributed by atoms with Crippen LogP contribution in [-0.2, 0) is 17.8 Å². The van der Waals surface area contributed by atoms with Crippen LogP contribution in [0.5, 0.6) is 0 Å². The van der Waals surface area contributed by atoms with Crippen molar-refractivity contribution in [3.05, 3.63) is 126 Å². The van der Waals surface area contributed by atoms with Gasteiger partial charge in [-0.25, -0.2) is 18.9 Å². The minimum atomic E-state index is -0.365. The monoisotopic (exact) mass is 619 g/mol. The molecule has 10 nitrogen and oxygen atoms in total. The van der Waals surface area contributed by atoms with Crippen LogP contribution in [0.4, 0.5) is 15.9 Å². The predicted octanol–water partition coefficient (Wildman–Crippen LogP) is 5.01. The molecule has 6 aromatic rings. The number of benzene rings is 1. The van der Waals surface area contributed by atoms with Gasteiger partial charge in [0.25, 0.3) is 11.1 Å². The number of thiophene rings is 1. The van der Waals surface area contributed by atoms with Gasteiger partial charge in [0.1, 0.15) is 17.3 Å². The number of fused-ring (bicyclic) bond motifs is 2.